The molecule has 176 valence electrons. The molecule has 1 atom stereocenters. The summed E-state index contributed by atoms with van der Waals surface area (Å²) >= 11 is 0. The van der Waals surface area contributed by atoms with Crippen LogP contribution in [0.3, 0.4) is 0 Å². The first-order valence-corrected chi connectivity index (χ1v) is 11.0. The van der Waals surface area contributed by atoms with Crippen molar-refractivity contribution in [3.8, 4) is 17.2 Å². The molecular weight excluding hydrogens is 434 g/mol. The number of rotatable bonds is 7. The van der Waals surface area contributed by atoms with E-state index in [-0.39, 0.29) is 12.3 Å². The minimum atomic E-state index is -0.407. The molecule has 0 fully saturated rings. The average Bonchev–Trinajstić information content (AvgIpc) is 2.87. The second kappa shape index (κ2) is 9.87. The van der Waals surface area contributed by atoms with Crippen molar-refractivity contribution < 1.29 is 28.5 Å². The number of benzene rings is 3. The Balaban J connectivity index is 1.84. The van der Waals surface area contributed by atoms with Gasteiger partial charge in [0.1, 0.15) is 5.75 Å². The molecule has 0 radical (unpaired) electrons. The van der Waals surface area contributed by atoms with Crippen molar-refractivity contribution in [3.05, 3.63) is 82.9 Å². The Bertz CT molecular complexity index is 1190. The number of anilines is 1. The Hall–Kier alpha value is -4.00. The maximum atomic E-state index is 13.5. The van der Waals surface area contributed by atoms with E-state index in [2.05, 4.69) is 0 Å². The summed E-state index contributed by atoms with van der Waals surface area (Å²) in [5, 5.41) is 0. The van der Waals surface area contributed by atoms with Crippen LogP contribution in [0.1, 0.15) is 40.0 Å². The number of hydrogen-bond acceptors (Lipinski definition) is 6. The topological polar surface area (TPSA) is 74.3 Å². The SMILES string of the molecule is CCOC(=O)c1ccc(N2C(=O)Cc3cc(OC)c(OC)cc3[C@@H]2c2ccc(OC)cc2)cc1. The zero-order chi connectivity index (χ0) is 24.2. The number of amides is 1. The van der Waals surface area contributed by atoms with Gasteiger partial charge in [-0.2, -0.15) is 0 Å². The lowest BCUT2D eigenvalue weighted by Crippen LogP contribution is -2.41. The second-order valence-electron chi connectivity index (χ2n) is 7.79. The summed E-state index contributed by atoms with van der Waals surface area (Å²) < 4.78 is 21.4. The molecule has 1 aliphatic rings. The third kappa shape index (κ3) is 4.29. The van der Waals surface area contributed by atoms with Crippen LogP contribution in [0.25, 0.3) is 0 Å². The van der Waals surface area contributed by atoms with Crippen molar-refractivity contribution in [3.63, 3.8) is 0 Å². The number of fused-ring (bicyclic) bond motifs is 1. The Morgan fingerprint density at radius 3 is 2.15 bits per heavy atom. The van der Waals surface area contributed by atoms with Crippen LogP contribution in [-0.4, -0.2) is 39.8 Å². The van der Waals surface area contributed by atoms with Crippen molar-refractivity contribution in [1.29, 1.82) is 0 Å². The number of esters is 1. The minimum Gasteiger partial charge on any atom is -0.497 e. The van der Waals surface area contributed by atoms with Gasteiger partial charge in [-0.1, -0.05) is 12.1 Å². The molecule has 4 rings (SSSR count). The van der Waals surface area contributed by atoms with Crippen LogP contribution in [0.2, 0.25) is 0 Å². The highest BCUT2D eigenvalue weighted by molar-refractivity contribution is 5.99. The van der Waals surface area contributed by atoms with E-state index in [4.69, 9.17) is 18.9 Å². The molecule has 7 nitrogen and oxygen atoms in total. The summed E-state index contributed by atoms with van der Waals surface area (Å²) in [4.78, 5) is 27.3. The van der Waals surface area contributed by atoms with Crippen LogP contribution < -0.4 is 19.1 Å². The standard InChI is InChI=1S/C27H27NO6/c1-5-34-27(30)18-6-10-20(11-7-18)28-25(29)15-19-14-23(32-3)24(33-4)16-22(19)26(28)17-8-12-21(31-2)13-9-17/h6-14,16,26H,5,15H2,1-4H3/t26-/m0/s1. The Morgan fingerprint density at radius 2 is 1.56 bits per heavy atom. The molecule has 1 aliphatic heterocycles. The van der Waals surface area contributed by atoms with Gasteiger partial charge in [-0.15, -0.1) is 0 Å². The number of carbonyl (C=O) groups is 2. The van der Waals surface area contributed by atoms with E-state index < -0.39 is 12.0 Å². The molecule has 0 aromatic heterocycles. The van der Waals surface area contributed by atoms with Gasteiger partial charge < -0.3 is 23.8 Å². The molecule has 0 unspecified atom stereocenters. The summed E-state index contributed by atoms with van der Waals surface area (Å²) in [6.07, 6.45) is 0.210. The van der Waals surface area contributed by atoms with Gasteiger partial charge in [-0.25, -0.2) is 4.79 Å². The summed E-state index contributed by atoms with van der Waals surface area (Å²) in [7, 11) is 4.78. The number of hydrogen-bond donors (Lipinski definition) is 0. The Kier molecular flexibility index (Phi) is 6.72. The van der Waals surface area contributed by atoms with Gasteiger partial charge >= 0.3 is 5.97 Å². The quantitative estimate of drug-likeness (QED) is 0.480. The fourth-order valence-electron chi connectivity index (χ4n) is 4.26. The van der Waals surface area contributed by atoms with Gasteiger partial charge in [0.05, 0.1) is 46.0 Å². The lowest BCUT2D eigenvalue weighted by molar-refractivity contribution is -0.118. The van der Waals surface area contributed by atoms with Crippen molar-refractivity contribution in [1.82, 2.24) is 0 Å². The number of methoxy groups -OCH3 is 3. The zero-order valence-electron chi connectivity index (χ0n) is 19.7. The summed E-state index contributed by atoms with van der Waals surface area (Å²) in [5.41, 5.74) is 3.85. The molecule has 0 N–H and O–H groups in total. The van der Waals surface area contributed by atoms with E-state index >= 15 is 0 Å². The molecule has 34 heavy (non-hydrogen) atoms. The third-order valence-electron chi connectivity index (χ3n) is 5.90. The first-order chi connectivity index (χ1) is 16.5. The Labute approximate surface area is 198 Å². The van der Waals surface area contributed by atoms with Crippen molar-refractivity contribution in [2.24, 2.45) is 0 Å². The fraction of sp³-hybridized carbons (Fsp3) is 0.259. The molecule has 0 saturated heterocycles. The number of ether oxygens (including phenoxy) is 4. The summed E-state index contributed by atoms with van der Waals surface area (Å²) in [6.45, 7) is 2.06. The van der Waals surface area contributed by atoms with Gasteiger partial charge in [0.2, 0.25) is 5.91 Å². The third-order valence-corrected chi connectivity index (χ3v) is 5.90. The maximum Gasteiger partial charge on any atom is 0.338 e. The van der Waals surface area contributed by atoms with Gasteiger partial charge in [0.25, 0.3) is 0 Å². The first kappa shape index (κ1) is 23.2. The molecule has 0 bridgehead atoms. The van der Waals surface area contributed by atoms with Crippen LogP contribution in [0.4, 0.5) is 5.69 Å². The van der Waals surface area contributed by atoms with Crippen LogP contribution in [-0.2, 0) is 16.0 Å². The monoisotopic (exact) mass is 461 g/mol. The van der Waals surface area contributed by atoms with E-state index in [1.54, 1.807) is 57.4 Å². The van der Waals surface area contributed by atoms with Gasteiger partial charge in [0.15, 0.2) is 11.5 Å². The lowest BCUT2D eigenvalue weighted by atomic mass is 9.86. The highest BCUT2D eigenvalue weighted by Crippen LogP contribution is 2.43. The van der Waals surface area contributed by atoms with Crippen molar-refractivity contribution >= 4 is 17.6 Å². The predicted molar refractivity (Wildman–Crippen MR) is 128 cm³/mol. The average molecular weight is 462 g/mol. The zero-order valence-corrected chi connectivity index (χ0v) is 19.7. The van der Waals surface area contributed by atoms with Gasteiger partial charge in [-0.05, 0) is 72.1 Å². The maximum absolute atomic E-state index is 13.5. The molecule has 3 aromatic rings. The van der Waals surface area contributed by atoms with Crippen LogP contribution in [0.5, 0.6) is 17.2 Å². The van der Waals surface area contributed by atoms with E-state index in [1.165, 1.54) is 0 Å². The normalized spacial score (nSPS) is 14.9. The molecule has 0 saturated carbocycles. The van der Waals surface area contributed by atoms with Crippen LogP contribution >= 0.6 is 0 Å². The van der Waals surface area contributed by atoms with E-state index in [0.717, 1.165) is 22.4 Å². The lowest BCUT2D eigenvalue weighted by Gasteiger charge is -2.38. The van der Waals surface area contributed by atoms with Gasteiger partial charge in [0, 0.05) is 5.69 Å². The molecule has 1 heterocycles. The highest BCUT2D eigenvalue weighted by Gasteiger charge is 2.36. The minimum absolute atomic E-state index is 0.0653. The first-order valence-electron chi connectivity index (χ1n) is 11.0. The predicted octanol–water partition coefficient (Wildman–Crippen LogP) is 4.57. The molecule has 1 amide bonds. The molecule has 0 aliphatic carbocycles. The summed E-state index contributed by atoms with van der Waals surface area (Å²) in [6, 6.07) is 17.9. The molecule has 7 heteroatoms. The van der Waals surface area contributed by atoms with E-state index in [1.807, 2.05) is 36.4 Å². The number of carbonyl (C=O) groups excluding carboxylic acids is 2. The van der Waals surface area contributed by atoms with Crippen molar-refractivity contribution in [2.75, 3.05) is 32.8 Å². The van der Waals surface area contributed by atoms with Gasteiger partial charge in [-0.3, -0.25) is 4.79 Å². The highest BCUT2D eigenvalue weighted by atomic mass is 16.5. The largest absolute Gasteiger partial charge is 0.497 e. The van der Waals surface area contributed by atoms with Crippen LogP contribution in [0.15, 0.2) is 60.7 Å². The molecule has 3 aromatic carbocycles. The Morgan fingerprint density at radius 1 is 0.912 bits per heavy atom. The van der Waals surface area contributed by atoms with Crippen molar-refractivity contribution in [2.45, 2.75) is 19.4 Å². The second-order valence-corrected chi connectivity index (χ2v) is 7.79. The van der Waals surface area contributed by atoms with Crippen LogP contribution in [0, 0.1) is 0 Å². The number of nitrogens with zero attached hydrogens (tertiary/aromatic N) is 1. The summed E-state index contributed by atoms with van der Waals surface area (Å²) in [5.74, 6) is 1.43. The molecule has 0 spiro atoms. The van der Waals surface area contributed by atoms with E-state index in [9.17, 15) is 9.59 Å². The van der Waals surface area contributed by atoms with E-state index in [0.29, 0.717) is 29.4 Å². The smallest absolute Gasteiger partial charge is 0.338 e. The fourth-order valence-corrected chi connectivity index (χ4v) is 4.26. The molecular formula is C27H27NO6.